The molecule has 1 aromatic carbocycles. The smallest absolute Gasteiger partial charge is 0.303 e. The second-order valence-corrected chi connectivity index (χ2v) is 10.5. The molecule has 0 radical (unpaired) electrons. The lowest BCUT2D eigenvalue weighted by atomic mass is 10.1. The van der Waals surface area contributed by atoms with Gasteiger partial charge in [-0.2, -0.15) is 4.99 Å². The maximum absolute atomic E-state index is 12.1. The van der Waals surface area contributed by atoms with E-state index < -0.39 is 21.7 Å². The molecule has 0 saturated carbocycles. The third kappa shape index (κ3) is 4.94. The van der Waals surface area contributed by atoms with Crippen LogP contribution in [0.25, 0.3) is 0 Å². The molecule has 1 aromatic rings. The zero-order chi connectivity index (χ0) is 20.3. The van der Waals surface area contributed by atoms with Crippen molar-refractivity contribution in [3.05, 3.63) is 29.8 Å². The Morgan fingerprint density at radius 2 is 1.93 bits per heavy atom. The average molecular weight is 425 g/mol. The molecule has 0 aliphatic carbocycles. The van der Waals surface area contributed by atoms with E-state index in [0.29, 0.717) is 5.17 Å². The van der Waals surface area contributed by atoms with Crippen LogP contribution in [0, 0.1) is 0 Å². The Balaban J connectivity index is 1.85. The monoisotopic (exact) mass is 424 g/mol. The second-order valence-electron chi connectivity index (χ2n) is 7.12. The van der Waals surface area contributed by atoms with E-state index in [9.17, 15) is 18.0 Å². The molecule has 2 aliphatic heterocycles. The van der Waals surface area contributed by atoms with E-state index in [1.165, 1.54) is 17.3 Å². The van der Waals surface area contributed by atoms with Crippen molar-refractivity contribution in [3.8, 4) is 0 Å². The van der Waals surface area contributed by atoms with Gasteiger partial charge in [0.25, 0.3) is 0 Å². The number of aliphatic imine (C=N–C) groups is 1. The van der Waals surface area contributed by atoms with Gasteiger partial charge in [0.05, 0.1) is 24.0 Å². The second kappa shape index (κ2) is 8.65. The summed E-state index contributed by atoms with van der Waals surface area (Å²) < 4.78 is 24.2. The zero-order valence-electron chi connectivity index (χ0n) is 15.7. The first-order valence-electron chi connectivity index (χ1n) is 9.37. The fraction of sp³-hybridized carbons (Fsp3) is 0.526. The molecule has 0 spiro atoms. The van der Waals surface area contributed by atoms with Crippen LogP contribution in [0.3, 0.4) is 0 Å². The van der Waals surface area contributed by atoms with Gasteiger partial charge in [-0.3, -0.25) is 9.59 Å². The summed E-state index contributed by atoms with van der Waals surface area (Å²) in [5.41, 5.74) is 2.02. The molecule has 152 valence electrons. The molecule has 28 heavy (non-hydrogen) atoms. The maximum Gasteiger partial charge on any atom is 0.303 e. The van der Waals surface area contributed by atoms with E-state index in [2.05, 4.69) is 11.9 Å². The molecule has 0 bridgehead atoms. The van der Waals surface area contributed by atoms with Crippen LogP contribution in [0.1, 0.15) is 38.2 Å². The first kappa shape index (κ1) is 20.9. The summed E-state index contributed by atoms with van der Waals surface area (Å²) in [4.78, 5) is 28.7. The predicted molar refractivity (Wildman–Crippen MR) is 111 cm³/mol. The number of thioether (sulfide) groups is 1. The molecule has 2 saturated heterocycles. The lowest BCUT2D eigenvalue weighted by Crippen LogP contribution is -2.37. The van der Waals surface area contributed by atoms with Crippen molar-refractivity contribution in [3.63, 3.8) is 0 Å². The first-order chi connectivity index (χ1) is 13.3. The van der Waals surface area contributed by atoms with Crippen molar-refractivity contribution in [2.24, 2.45) is 4.99 Å². The van der Waals surface area contributed by atoms with E-state index in [1.54, 1.807) is 0 Å². The number of nitrogens with zero attached hydrogens (tertiary/aromatic N) is 2. The number of carboxylic acid groups (broad SMARTS) is 1. The van der Waals surface area contributed by atoms with Crippen molar-refractivity contribution >= 4 is 44.3 Å². The van der Waals surface area contributed by atoms with Crippen molar-refractivity contribution < 1.29 is 23.1 Å². The van der Waals surface area contributed by atoms with Gasteiger partial charge in [-0.25, -0.2) is 8.42 Å². The van der Waals surface area contributed by atoms with E-state index in [-0.39, 0.29) is 35.6 Å². The van der Waals surface area contributed by atoms with E-state index >= 15 is 0 Å². The van der Waals surface area contributed by atoms with Crippen molar-refractivity contribution in [1.29, 1.82) is 0 Å². The predicted octanol–water partition coefficient (Wildman–Crippen LogP) is 2.50. The van der Waals surface area contributed by atoms with Gasteiger partial charge >= 0.3 is 5.97 Å². The number of fused-ring (bicyclic) bond motifs is 1. The van der Waals surface area contributed by atoms with Crippen LogP contribution in [0.4, 0.5) is 5.69 Å². The Bertz CT molecular complexity index is 880. The topological polar surface area (TPSA) is 104 Å². The molecule has 2 aliphatic rings. The fourth-order valence-electron chi connectivity index (χ4n) is 3.45. The highest BCUT2D eigenvalue weighted by atomic mass is 32.2. The largest absolute Gasteiger partial charge is 0.481 e. The number of carbonyl (C=O) groups is 2. The number of aryl methyl sites for hydroxylation is 1. The minimum atomic E-state index is -3.12. The summed E-state index contributed by atoms with van der Waals surface area (Å²) in [7, 11) is -3.12. The van der Waals surface area contributed by atoms with Gasteiger partial charge in [0.15, 0.2) is 15.0 Å². The third-order valence-electron chi connectivity index (χ3n) is 4.87. The van der Waals surface area contributed by atoms with Crippen LogP contribution in [-0.4, -0.2) is 53.4 Å². The van der Waals surface area contributed by atoms with Crippen LogP contribution in [0.2, 0.25) is 0 Å². The molecular formula is C19H24N2O5S2. The molecule has 1 N–H and O–H groups in total. The van der Waals surface area contributed by atoms with Gasteiger partial charge in [-0.05, 0) is 30.5 Å². The summed E-state index contributed by atoms with van der Waals surface area (Å²) in [6.45, 7) is 2.14. The highest BCUT2D eigenvalue weighted by Gasteiger charge is 2.49. The Hall–Kier alpha value is -1.87. The summed E-state index contributed by atoms with van der Waals surface area (Å²) in [6, 6.07) is 7.67. The van der Waals surface area contributed by atoms with Gasteiger partial charge in [0.2, 0.25) is 5.91 Å². The van der Waals surface area contributed by atoms with Crippen molar-refractivity contribution in [1.82, 2.24) is 0 Å². The number of sulfone groups is 1. The fourth-order valence-corrected chi connectivity index (χ4v) is 7.38. The molecule has 2 atom stereocenters. The number of carboxylic acids is 1. The third-order valence-corrected chi connectivity index (χ3v) is 8.08. The minimum Gasteiger partial charge on any atom is -0.481 e. The summed E-state index contributed by atoms with van der Waals surface area (Å²) in [6.07, 6.45) is 2.76. The molecule has 9 heteroatoms. The molecule has 7 nitrogen and oxygen atoms in total. The molecule has 0 unspecified atom stereocenters. The first-order valence-corrected chi connectivity index (χ1v) is 12.1. The Kier molecular flexibility index (Phi) is 6.44. The number of carbonyl (C=O) groups excluding carboxylic acids is 1. The molecule has 1 amide bonds. The Morgan fingerprint density at radius 3 is 2.57 bits per heavy atom. The van der Waals surface area contributed by atoms with E-state index in [1.807, 2.05) is 29.2 Å². The maximum atomic E-state index is 12.1. The normalized spacial score (nSPS) is 24.5. The molecule has 2 heterocycles. The Morgan fingerprint density at radius 1 is 1.21 bits per heavy atom. The van der Waals surface area contributed by atoms with E-state index in [4.69, 9.17) is 5.11 Å². The molecule has 0 aromatic heterocycles. The lowest BCUT2D eigenvalue weighted by molar-refractivity contribution is -0.138. The summed E-state index contributed by atoms with van der Waals surface area (Å²) >= 11 is 1.30. The molecule has 3 rings (SSSR count). The van der Waals surface area contributed by atoms with Gasteiger partial charge in [-0.15, -0.1) is 0 Å². The van der Waals surface area contributed by atoms with Gasteiger partial charge in [0.1, 0.15) is 0 Å². The summed E-state index contributed by atoms with van der Waals surface area (Å²) in [5.74, 6) is -1.45. The van der Waals surface area contributed by atoms with Crippen LogP contribution in [-0.2, 0) is 25.8 Å². The number of rotatable bonds is 7. The van der Waals surface area contributed by atoms with Crippen LogP contribution >= 0.6 is 11.8 Å². The zero-order valence-corrected chi connectivity index (χ0v) is 17.3. The highest BCUT2D eigenvalue weighted by Crippen LogP contribution is 2.41. The van der Waals surface area contributed by atoms with E-state index in [0.717, 1.165) is 24.9 Å². The quantitative estimate of drug-likeness (QED) is 0.717. The average Bonchev–Trinajstić information content (AvgIpc) is 3.09. The van der Waals surface area contributed by atoms with Crippen LogP contribution in [0.5, 0.6) is 0 Å². The number of benzene rings is 1. The number of anilines is 1. The highest BCUT2D eigenvalue weighted by molar-refractivity contribution is 8.16. The Labute approximate surface area is 169 Å². The van der Waals surface area contributed by atoms with Crippen LogP contribution < -0.4 is 4.90 Å². The summed E-state index contributed by atoms with van der Waals surface area (Å²) in [5, 5.41) is 9.04. The number of hydrogen-bond acceptors (Lipinski definition) is 5. The molecule has 2 fully saturated rings. The van der Waals surface area contributed by atoms with Gasteiger partial charge in [-0.1, -0.05) is 37.2 Å². The standard InChI is InChI=1S/C19H24N2O5S2/c1-2-3-4-13-5-7-14(8-6-13)21-15-11-28(25,26)12-16(15)27-19(21)20-17(22)9-10-18(23)24/h5-8,15-16H,2-4,9-12H2,1H3,(H,23,24)/t15-,16-/m0/s1. The number of amides is 1. The van der Waals surface area contributed by atoms with Crippen molar-refractivity contribution in [2.45, 2.75) is 50.3 Å². The number of aliphatic carboxylic acids is 1. The minimum absolute atomic E-state index is 0.0323. The van der Waals surface area contributed by atoms with Gasteiger partial charge in [0, 0.05) is 17.4 Å². The number of amidine groups is 1. The number of hydrogen-bond donors (Lipinski definition) is 1. The number of unbranched alkanes of at least 4 members (excludes halogenated alkanes) is 1. The van der Waals surface area contributed by atoms with Gasteiger partial charge < -0.3 is 10.0 Å². The SMILES string of the molecule is CCCCc1ccc(N2C(=NC(=O)CCC(=O)O)S[C@H]3CS(=O)(=O)C[C@@H]32)cc1. The lowest BCUT2D eigenvalue weighted by Gasteiger charge is -2.24. The van der Waals surface area contributed by atoms with Crippen molar-refractivity contribution in [2.75, 3.05) is 16.4 Å². The van der Waals surface area contributed by atoms with Crippen LogP contribution in [0.15, 0.2) is 29.3 Å². The molecular weight excluding hydrogens is 400 g/mol.